The van der Waals surface area contributed by atoms with Crippen molar-refractivity contribution in [2.75, 3.05) is 33.2 Å². The zero-order valence-electron chi connectivity index (χ0n) is 11.9. The predicted molar refractivity (Wildman–Crippen MR) is 76.7 cm³/mol. The molecule has 1 aliphatic heterocycles. The first-order chi connectivity index (χ1) is 9.65. The number of carbonyl (C=O) groups excluding carboxylic acids is 1. The highest BCUT2D eigenvalue weighted by molar-refractivity contribution is 5.79. The third-order valence-corrected chi connectivity index (χ3v) is 3.59. The first-order valence-corrected chi connectivity index (χ1v) is 7.06. The molecule has 1 amide bonds. The van der Waals surface area contributed by atoms with E-state index in [-0.39, 0.29) is 17.6 Å². The largest absolute Gasteiger partial charge is 0.355 e. The molecule has 0 spiro atoms. The van der Waals surface area contributed by atoms with E-state index < -0.39 is 0 Å². The number of likely N-dealkylation sites (N-methyl/N-ethyl adjacent to an activating group) is 1. The minimum absolute atomic E-state index is 0.123. The molecular formula is C15H22FN3O. The Morgan fingerprint density at radius 3 is 2.85 bits per heavy atom. The van der Waals surface area contributed by atoms with Gasteiger partial charge in [-0.2, -0.15) is 0 Å². The quantitative estimate of drug-likeness (QED) is 0.816. The van der Waals surface area contributed by atoms with E-state index >= 15 is 0 Å². The van der Waals surface area contributed by atoms with Crippen LogP contribution in [0.3, 0.4) is 0 Å². The van der Waals surface area contributed by atoms with E-state index in [9.17, 15) is 9.18 Å². The van der Waals surface area contributed by atoms with Gasteiger partial charge in [-0.15, -0.1) is 0 Å². The molecule has 0 aliphatic carbocycles. The van der Waals surface area contributed by atoms with Gasteiger partial charge in [-0.3, -0.25) is 4.79 Å². The van der Waals surface area contributed by atoms with Crippen molar-refractivity contribution in [2.24, 2.45) is 5.92 Å². The summed E-state index contributed by atoms with van der Waals surface area (Å²) in [4.78, 5) is 13.9. The topological polar surface area (TPSA) is 44.4 Å². The van der Waals surface area contributed by atoms with Crippen molar-refractivity contribution in [3.63, 3.8) is 0 Å². The molecule has 2 N–H and O–H groups in total. The lowest BCUT2D eigenvalue weighted by Crippen LogP contribution is -2.37. The van der Waals surface area contributed by atoms with Crippen LogP contribution in [0.25, 0.3) is 0 Å². The van der Waals surface area contributed by atoms with Gasteiger partial charge >= 0.3 is 0 Å². The van der Waals surface area contributed by atoms with Gasteiger partial charge in [0.2, 0.25) is 5.91 Å². The Morgan fingerprint density at radius 2 is 2.20 bits per heavy atom. The Bertz CT molecular complexity index is 429. The van der Waals surface area contributed by atoms with Crippen molar-refractivity contribution in [2.45, 2.75) is 13.0 Å². The molecule has 1 atom stereocenters. The van der Waals surface area contributed by atoms with Gasteiger partial charge < -0.3 is 15.5 Å². The Balaban J connectivity index is 1.65. The fraction of sp³-hybridized carbons (Fsp3) is 0.533. The molecule has 20 heavy (non-hydrogen) atoms. The number of benzene rings is 1. The fourth-order valence-electron chi connectivity index (χ4n) is 2.37. The van der Waals surface area contributed by atoms with Crippen molar-refractivity contribution in [1.82, 2.24) is 15.5 Å². The van der Waals surface area contributed by atoms with Gasteiger partial charge in [0.1, 0.15) is 5.82 Å². The lowest BCUT2D eigenvalue weighted by atomic mass is 10.1. The van der Waals surface area contributed by atoms with E-state index in [0.29, 0.717) is 6.54 Å². The number of hydrogen-bond acceptors (Lipinski definition) is 3. The van der Waals surface area contributed by atoms with Crippen molar-refractivity contribution >= 4 is 5.91 Å². The summed E-state index contributed by atoms with van der Waals surface area (Å²) in [6, 6.07) is 6.51. The summed E-state index contributed by atoms with van der Waals surface area (Å²) >= 11 is 0. The Labute approximate surface area is 119 Å². The highest BCUT2D eigenvalue weighted by Crippen LogP contribution is 2.07. The number of amides is 1. The lowest BCUT2D eigenvalue weighted by molar-refractivity contribution is -0.124. The highest BCUT2D eigenvalue weighted by atomic mass is 19.1. The number of rotatable bonds is 6. The third kappa shape index (κ3) is 4.58. The van der Waals surface area contributed by atoms with Crippen molar-refractivity contribution in [1.29, 1.82) is 0 Å². The van der Waals surface area contributed by atoms with Gasteiger partial charge in [-0.25, -0.2) is 4.39 Å². The zero-order valence-corrected chi connectivity index (χ0v) is 11.9. The molecule has 4 nitrogen and oxygen atoms in total. The Morgan fingerprint density at radius 1 is 1.45 bits per heavy atom. The molecule has 1 aromatic rings. The summed E-state index contributed by atoms with van der Waals surface area (Å²) in [5.74, 6) is 0.0522. The maximum Gasteiger partial charge on any atom is 0.224 e. The summed E-state index contributed by atoms with van der Waals surface area (Å²) in [5, 5.41) is 6.16. The zero-order chi connectivity index (χ0) is 14.4. The van der Waals surface area contributed by atoms with Crippen molar-refractivity contribution in [3.05, 3.63) is 35.6 Å². The fourth-order valence-corrected chi connectivity index (χ4v) is 2.37. The molecule has 1 heterocycles. The predicted octanol–water partition coefficient (Wildman–Crippen LogP) is 0.983. The first kappa shape index (κ1) is 14.9. The molecule has 2 rings (SSSR count). The monoisotopic (exact) mass is 279 g/mol. The second-order valence-electron chi connectivity index (χ2n) is 5.34. The summed E-state index contributed by atoms with van der Waals surface area (Å²) < 4.78 is 12.8. The smallest absolute Gasteiger partial charge is 0.224 e. The summed E-state index contributed by atoms with van der Waals surface area (Å²) in [6.07, 6.45) is 0.928. The number of nitrogens with zero attached hydrogens (tertiary/aromatic N) is 1. The van der Waals surface area contributed by atoms with Crippen LogP contribution in [0.5, 0.6) is 0 Å². The van der Waals surface area contributed by atoms with Crippen LogP contribution in [0.4, 0.5) is 4.39 Å². The molecule has 1 aliphatic rings. The lowest BCUT2D eigenvalue weighted by Gasteiger charge is -2.18. The second-order valence-corrected chi connectivity index (χ2v) is 5.34. The maximum atomic E-state index is 12.8. The van der Waals surface area contributed by atoms with E-state index in [1.807, 2.05) is 7.05 Å². The van der Waals surface area contributed by atoms with Crippen LogP contribution in [0, 0.1) is 11.7 Å². The van der Waals surface area contributed by atoms with Gasteiger partial charge in [-0.1, -0.05) is 12.1 Å². The van der Waals surface area contributed by atoms with Gasteiger partial charge in [-0.05, 0) is 37.7 Å². The van der Waals surface area contributed by atoms with E-state index in [2.05, 4.69) is 15.5 Å². The third-order valence-electron chi connectivity index (χ3n) is 3.59. The molecule has 0 saturated carbocycles. The van der Waals surface area contributed by atoms with Gasteiger partial charge in [0.25, 0.3) is 0 Å². The molecule has 1 aromatic carbocycles. The number of halogens is 1. The van der Waals surface area contributed by atoms with E-state index in [4.69, 9.17) is 0 Å². The summed E-state index contributed by atoms with van der Waals surface area (Å²) in [6.45, 7) is 3.90. The van der Waals surface area contributed by atoms with Crippen molar-refractivity contribution in [3.8, 4) is 0 Å². The first-order valence-electron chi connectivity index (χ1n) is 7.06. The van der Waals surface area contributed by atoms with Gasteiger partial charge in [0.05, 0.1) is 5.92 Å². The van der Waals surface area contributed by atoms with Crippen LogP contribution in [-0.4, -0.2) is 44.0 Å². The Hall–Kier alpha value is -1.46. The number of hydrogen-bond donors (Lipinski definition) is 2. The molecule has 1 unspecified atom stereocenters. The van der Waals surface area contributed by atoms with Crippen molar-refractivity contribution < 1.29 is 9.18 Å². The molecule has 1 saturated heterocycles. The molecule has 110 valence electrons. The minimum Gasteiger partial charge on any atom is -0.355 e. The molecule has 0 bridgehead atoms. The average molecular weight is 279 g/mol. The normalized spacial score (nSPS) is 18.4. The van der Waals surface area contributed by atoms with Crippen LogP contribution in [0.2, 0.25) is 0 Å². The molecule has 5 heteroatoms. The molecule has 0 radical (unpaired) electrons. The molecule has 0 aromatic heterocycles. The van der Waals surface area contributed by atoms with Crippen LogP contribution in [0.1, 0.15) is 12.0 Å². The number of nitrogens with one attached hydrogen (secondary N) is 2. The van der Waals surface area contributed by atoms with Crippen LogP contribution < -0.4 is 10.6 Å². The van der Waals surface area contributed by atoms with E-state index in [1.54, 1.807) is 12.1 Å². The maximum absolute atomic E-state index is 12.8. The molecular weight excluding hydrogens is 257 g/mol. The number of carbonyl (C=O) groups is 1. The van der Waals surface area contributed by atoms with Crippen LogP contribution in [-0.2, 0) is 11.3 Å². The minimum atomic E-state index is -0.214. The SMILES string of the molecule is CN(CCNC(=O)C1CCNC1)Cc1ccc(F)cc1. The molecule has 1 fully saturated rings. The van der Waals surface area contributed by atoms with Gasteiger partial charge in [0, 0.05) is 26.2 Å². The summed E-state index contributed by atoms with van der Waals surface area (Å²) in [5.41, 5.74) is 1.07. The highest BCUT2D eigenvalue weighted by Gasteiger charge is 2.21. The Kier molecular flexibility index (Phi) is 5.49. The average Bonchev–Trinajstić information content (AvgIpc) is 2.95. The van der Waals surface area contributed by atoms with Crippen LogP contribution in [0.15, 0.2) is 24.3 Å². The van der Waals surface area contributed by atoms with E-state index in [0.717, 1.165) is 38.2 Å². The standard InChI is InChI=1S/C15H22FN3O/c1-19(11-12-2-4-14(16)5-3-12)9-8-18-15(20)13-6-7-17-10-13/h2-5,13,17H,6-11H2,1H3,(H,18,20). The van der Waals surface area contributed by atoms with Crippen LogP contribution >= 0.6 is 0 Å². The second kappa shape index (κ2) is 7.36. The summed E-state index contributed by atoms with van der Waals surface area (Å²) in [7, 11) is 1.99. The van der Waals surface area contributed by atoms with Gasteiger partial charge in [0.15, 0.2) is 0 Å². The van der Waals surface area contributed by atoms with E-state index in [1.165, 1.54) is 12.1 Å².